The van der Waals surface area contributed by atoms with Crippen molar-refractivity contribution in [2.24, 2.45) is 0 Å². The third-order valence-electron chi connectivity index (χ3n) is 0. The Morgan fingerprint density at radius 1 is 1.00 bits per heavy atom. The lowest BCUT2D eigenvalue weighted by Gasteiger charge is -1.69. The van der Waals surface area contributed by atoms with E-state index in [2.05, 4.69) is 0 Å². The van der Waals surface area contributed by atoms with Crippen LogP contribution in [0.3, 0.4) is 0 Å². The van der Waals surface area contributed by atoms with Crippen LogP contribution in [0.4, 0.5) is 0 Å². The maximum absolute atomic E-state index is 7.17. The van der Waals surface area contributed by atoms with Gasteiger partial charge in [-0.3, -0.25) is 0 Å². The normalized spacial score (nSPS) is 6.75. The molecule has 0 aromatic heterocycles. The highest BCUT2D eigenvalue weighted by molar-refractivity contribution is 6.30. The first-order chi connectivity index (χ1) is 1.73. The Morgan fingerprint density at radius 2 is 1.00 bits per heavy atom. The second kappa shape index (κ2) is 1.28. The van der Waals surface area contributed by atoms with E-state index in [1.165, 1.54) is 0 Å². The molecule has 0 atom stereocenters. The third-order valence-corrected chi connectivity index (χ3v) is 0. The van der Waals surface area contributed by atoms with Crippen LogP contribution in [-0.4, -0.2) is 22.4 Å². The van der Waals surface area contributed by atoms with Gasteiger partial charge in [0.25, 0.3) is 0 Å². The first kappa shape index (κ1) is 3.94. The molecular formula is H3BO3. The average molecular weight is 61.0 g/mol. The zero-order chi connectivity index (χ0) is 3.58. The molecule has 0 bridgehead atoms. The molecule has 0 unspecified atom stereocenters. The lowest BCUT2D eigenvalue weighted by Crippen LogP contribution is -2.07. The SMILES string of the molecule is O[10B](O)O. The van der Waals surface area contributed by atoms with Gasteiger partial charge in [0.2, 0.25) is 0 Å². The molecule has 0 saturated carbocycles. The van der Waals surface area contributed by atoms with Gasteiger partial charge in [-0.25, -0.2) is 0 Å². The molecule has 0 radical (unpaired) electrons. The van der Waals surface area contributed by atoms with Gasteiger partial charge < -0.3 is 15.1 Å². The topological polar surface area (TPSA) is 60.7 Å². The molecule has 3 N–H and O–H groups in total. The van der Waals surface area contributed by atoms with Crippen molar-refractivity contribution in [2.75, 3.05) is 0 Å². The van der Waals surface area contributed by atoms with Crippen molar-refractivity contribution < 1.29 is 15.1 Å². The Hall–Kier alpha value is -0.0551. The van der Waals surface area contributed by atoms with Crippen molar-refractivity contribution in [3.63, 3.8) is 0 Å². The summed E-state index contributed by atoms with van der Waals surface area (Å²) in [6.07, 6.45) is 0. The molecule has 0 aliphatic rings. The molecule has 4 heavy (non-hydrogen) atoms. The number of hydrogen-bond donors (Lipinski definition) is 3. The van der Waals surface area contributed by atoms with Crippen LogP contribution in [0.25, 0.3) is 0 Å². The maximum Gasteiger partial charge on any atom is 0.631 e. The van der Waals surface area contributed by atoms with Crippen molar-refractivity contribution in [3.05, 3.63) is 0 Å². The van der Waals surface area contributed by atoms with E-state index >= 15 is 0 Å². The average Bonchev–Trinajstić information content (AvgIpc) is 0.811. The summed E-state index contributed by atoms with van der Waals surface area (Å²) in [4.78, 5) is 0. The van der Waals surface area contributed by atoms with Crippen molar-refractivity contribution in [3.8, 4) is 0 Å². The summed E-state index contributed by atoms with van der Waals surface area (Å²) in [6.45, 7) is 0. The number of rotatable bonds is 0. The largest absolute Gasteiger partial charge is 0.631 e. The molecule has 0 aromatic rings. The number of hydrogen-bond acceptors (Lipinski definition) is 3. The molecule has 24 valence electrons. The monoisotopic (exact) mass is 61.0 g/mol. The Balaban J connectivity index is 2.32. The van der Waals surface area contributed by atoms with E-state index in [-0.39, 0.29) is 0 Å². The molecule has 4 heteroatoms. The van der Waals surface area contributed by atoms with Gasteiger partial charge in [0.15, 0.2) is 0 Å². The third kappa shape index (κ3) is 573. The minimum Gasteiger partial charge on any atom is -0.402 e. The van der Waals surface area contributed by atoms with Gasteiger partial charge >= 0.3 is 7.32 Å². The lowest BCUT2D eigenvalue weighted by molar-refractivity contribution is 0.278. The minimum absolute atomic E-state index is 2.17. The molecule has 0 heterocycles. The fourth-order valence-electron chi connectivity index (χ4n) is 0. The zero-order valence-corrected chi connectivity index (χ0v) is 1.92. The molecule has 0 spiro atoms. The molecule has 0 fully saturated rings. The summed E-state index contributed by atoms with van der Waals surface area (Å²) >= 11 is 0. The zero-order valence-electron chi connectivity index (χ0n) is 1.92. The van der Waals surface area contributed by atoms with Crippen LogP contribution in [0.15, 0.2) is 0 Å². The van der Waals surface area contributed by atoms with Gasteiger partial charge in [-0.15, -0.1) is 0 Å². The van der Waals surface area contributed by atoms with Gasteiger partial charge in [-0.05, 0) is 0 Å². The van der Waals surface area contributed by atoms with Gasteiger partial charge in [-0.1, -0.05) is 0 Å². The van der Waals surface area contributed by atoms with E-state index in [1.807, 2.05) is 0 Å². The lowest BCUT2D eigenvalue weighted by atomic mass is 9.55. The highest BCUT2D eigenvalue weighted by atomic mass is 16.5. The quantitative estimate of drug-likeness (QED) is 0.282. The smallest absolute Gasteiger partial charge is 0.402 e. The predicted octanol–water partition coefficient (Wildman–Crippen LogP) is -2.05. The second-order valence-electron chi connectivity index (χ2n) is 0.346. The van der Waals surface area contributed by atoms with E-state index in [0.29, 0.717) is 0 Å². The van der Waals surface area contributed by atoms with Crippen LogP contribution in [0.1, 0.15) is 0 Å². The molecule has 0 aliphatic heterocycles. The van der Waals surface area contributed by atoms with Gasteiger partial charge in [0.05, 0.1) is 0 Å². The Labute approximate surface area is 23.7 Å². The fourth-order valence-corrected chi connectivity index (χ4v) is 0. The van der Waals surface area contributed by atoms with Crippen LogP contribution in [0, 0.1) is 0 Å². The van der Waals surface area contributed by atoms with E-state index in [0.717, 1.165) is 0 Å². The van der Waals surface area contributed by atoms with Crippen molar-refractivity contribution in [2.45, 2.75) is 0 Å². The highest BCUT2D eigenvalue weighted by Crippen LogP contribution is 1.40. The second-order valence-corrected chi connectivity index (χ2v) is 0.346. The molecule has 0 amide bonds. The van der Waals surface area contributed by atoms with Crippen LogP contribution < -0.4 is 0 Å². The summed E-state index contributed by atoms with van der Waals surface area (Å²) in [5.74, 6) is 0. The van der Waals surface area contributed by atoms with Crippen molar-refractivity contribution in [1.82, 2.24) is 0 Å². The highest BCUT2D eigenvalue weighted by Gasteiger charge is 1.92. The summed E-state index contributed by atoms with van der Waals surface area (Å²) in [5.41, 5.74) is 0. The Bertz CT molecular complexity index is 8.00. The first-order valence-corrected chi connectivity index (χ1v) is 0.775. The summed E-state index contributed by atoms with van der Waals surface area (Å²) in [5, 5.41) is 21.5. The summed E-state index contributed by atoms with van der Waals surface area (Å²) in [7, 11) is -2.17. The fraction of sp³-hybridized carbons (Fsp3) is 0. The van der Waals surface area contributed by atoms with Crippen LogP contribution >= 0.6 is 0 Å². The van der Waals surface area contributed by atoms with E-state index in [4.69, 9.17) is 15.1 Å². The standard InChI is InChI=1S/BH3O3/c2-1(3)4/h2-4H/i1-1. The molecular weight excluding hydrogens is 58.0 g/mol. The Morgan fingerprint density at radius 3 is 1.00 bits per heavy atom. The van der Waals surface area contributed by atoms with E-state index < -0.39 is 7.32 Å². The molecule has 3 nitrogen and oxygen atoms in total. The van der Waals surface area contributed by atoms with Gasteiger partial charge in [0.1, 0.15) is 0 Å². The molecule has 0 saturated heterocycles. The van der Waals surface area contributed by atoms with Gasteiger partial charge in [0, 0.05) is 0 Å². The van der Waals surface area contributed by atoms with Crippen molar-refractivity contribution in [1.29, 1.82) is 0 Å². The van der Waals surface area contributed by atoms with E-state index in [1.54, 1.807) is 0 Å². The van der Waals surface area contributed by atoms with Crippen LogP contribution in [0.2, 0.25) is 0 Å². The summed E-state index contributed by atoms with van der Waals surface area (Å²) < 4.78 is 0. The summed E-state index contributed by atoms with van der Waals surface area (Å²) in [6, 6.07) is 0. The first-order valence-electron chi connectivity index (χ1n) is 0.775. The van der Waals surface area contributed by atoms with Crippen LogP contribution in [0.5, 0.6) is 0 Å². The Kier molecular flexibility index (Phi) is 1.27. The maximum atomic E-state index is 7.17. The van der Waals surface area contributed by atoms with Gasteiger partial charge in [-0.2, -0.15) is 0 Å². The predicted molar refractivity (Wildman–Crippen MR) is 12.4 cm³/mol. The molecule has 0 aromatic carbocycles. The van der Waals surface area contributed by atoms with E-state index in [9.17, 15) is 0 Å². The van der Waals surface area contributed by atoms with Crippen molar-refractivity contribution >= 4 is 7.32 Å². The minimum atomic E-state index is -2.17. The molecule has 0 rings (SSSR count). The molecule has 0 aliphatic carbocycles. The van der Waals surface area contributed by atoms with Crippen LogP contribution in [-0.2, 0) is 0 Å².